The maximum absolute atomic E-state index is 5.92. The predicted molar refractivity (Wildman–Crippen MR) is 70.6 cm³/mol. The monoisotopic (exact) mass is 272 g/mol. The highest BCUT2D eigenvalue weighted by molar-refractivity contribution is 7.07. The highest BCUT2D eigenvalue weighted by Crippen LogP contribution is 2.25. The molecule has 2 rings (SSSR count). The van der Waals surface area contributed by atoms with Crippen LogP contribution in [-0.2, 0) is 0 Å². The highest BCUT2D eigenvalue weighted by atomic mass is 35.5. The van der Waals surface area contributed by atoms with Gasteiger partial charge in [-0.1, -0.05) is 23.2 Å². The molecule has 1 atom stereocenters. The zero-order chi connectivity index (χ0) is 11.5. The van der Waals surface area contributed by atoms with Gasteiger partial charge < -0.3 is 5.32 Å². The standard InChI is InChI=1S/C11H10Cl2N2S/c1-7(11-5-16-6-14-11)15-10-3-8(12)2-9(13)4-10/h2-7,15H,1H3. The molecule has 2 aromatic rings. The van der Waals surface area contributed by atoms with Crippen LogP contribution in [0.3, 0.4) is 0 Å². The fourth-order valence-corrected chi connectivity index (χ4v) is 2.57. The van der Waals surface area contributed by atoms with Crippen LogP contribution in [0.2, 0.25) is 10.0 Å². The molecule has 0 aliphatic carbocycles. The molecule has 1 aromatic heterocycles. The summed E-state index contributed by atoms with van der Waals surface area (Å²) in [5.41, 5.74) is 3.73. The number of aromatic nitrogens is 1. The van der Waals surface area contributed by atoms with Crippen molar-refractivity contribution < 1.29 is 0 Å². The number of hydrogen-bond donors (Lipinski definition) is 1. The van der Waals surface area contributed by atoms with E-state index in [9.17, 15) is 0 Å². The molecule has 5 heteroatoms. The van der Waals surface area contributed by atoms with Gasteiger partial charge in [-0.3, -0.25) is 0 Å². The van der Waals surface area contributed by atoms with E-state index in [1.165, 1.54) is 0 Å². The fourth-order valence-electron chi connectivity index (χ4n) is 1.40. The number of halogens is 2. The Morgan fingerprint density at radius 3 is 2.50 bits per heavy atom. The average molecular weight is 273 g/mol. The van der Waals surface area contributed by atoms with Gasteiger partial charge in [0.2, 0.25) is 0 Å². The first-order chi connectivity index (χ1) is 7.65. The molecule has 0 bridgehead atoms. The molecule has 84 valence electrons. The molecule has 0 fully saturated rings. The van der Waals surface area contributed by atoms with Crippen molar-refractivity contribution in [1.82, 2.24) is 4.98 Å². The summed E-state index contributed by atoms with van der Waals surface area (Å²) in [6.45, 7) is 2.05. The van der Waals surface area contributed by atoms with Gasteiger partial charge in [0.15, 0.2) is 0 Å². The minimum absolute atomic E-state index is 0.140. The first-order valence-electron chi connectivity index (χ1n) is 4.76. The number of nitrogens with zero attached hydrogens (tertiary/aromatic N) is 1. The lowest BCUT2D eigenvalue weighted by Gasteiger charge is -2.13. The first-order valence-corrected chi connectivity index (χ1v) is 6.46. The third-order valence-corrected chi connectivity index (χ3v) is 3.18. The molecule has 0 aliphatic rings. The minimum Gasteiger partial charge on any atom is -0.377 e. The number of rotatable bonds is 3. The fraction of sp³-hybridized carbons (Fsp3) is 0.182. The molecule has 1 heterocycles. The molecule has 0 spiro atoms. The van der Waals surface area contributed by atoms with E-state index in [1.807, 2.05) is 29.9 Å². The van der Waals surface area contributed by atoms with E-state index in [4.69, 9.17) is 23.2 Å². The predicted octanol–water partition coefficient (Wildman–Crippen LogP) is 4.62. The maximum atomic E-state index is 5.92. The number of thiazole rings is 1. The van der Waals surface area contributed by atoms with Crippen LogP contribution in [0.4, 0.5) is 5.69 Å². The Labute approximate surface area is 108 Å². The second-order valence-corrected chi connectivity index (χ2v) is 5.03. The number of hydrogen-bond acceptors (Lipinski definition) is 3. The van der Waals surface area contributed by atoms with Crippen molar-refractivity contribution in [3.05, 3.63) is 44.8 Å². The smallest absolute Gasteiger partial charge is 0.0795 e. The largest absolute Gasteiger partial charge is 0.377 e. The zero-order valence-electron chi connectivity index (χ0n) is 8.58. The SMILES string of the molecule is CC(Nc1cc(Cl)cc(Cl)c1)c1cscn1. The normalized spacial score (nSPS) is 12.4. The van der Waals surface area contributed by atoms with Gasteiger partial charge in [0.05, 0.1) is 17.2 Å². The van der Waals surface area contributed by atoms with Crippen LogP contribution in [0.15, 0.2) is 29.1 Å². The molecule has 16 heavy (non-hydrogen) atoms. The molecule has 0 amide bonds. The lowest BCUT2D eigenvalue weighted by Crippen LogP contribution is -2.06. The van der Waals surface area contributed by atoms with Crippen molar-refractivity contribution >= 4 is 40.2 Å². The van der Waals surface area contributed by atoms with Crippen LogP contribution in [0, 0.1) is 0 Å². The molecular formula is C11H10Cl2N2S. The van der Waals surface area contributed by atoms with Crippen LogP contribution in [0.25, 0.3) is 0 Å². The van der Waals surface area contributed by atoms with E-state index in [0.717, 1.165) is 11.4 Å². The summed E-state index contributed by atoms with van der Waals surface area (Å²) in [6, 6.07) is 5.54. The van der Waals surface area contributed by atoms with Crippen LogP contribution in [0.5, 0.6) is 0 Å². The number of nitrogens with one attached hydrogen (secondary N) is 1. The van der Waals surface area contributed by atoms with Crippen LogP contribution in [-0.4, -0.2) is 4.98 Å². The van der Waals surface area contributed by atoms with E-state index in [2.05, 4.69) is 10.3 Å². The summed E-state index contributed by atoms with van der Waals surface area (Å²) in [5.74, 6) is 0. The van der Waals surface area contributed by atoms with Crippen molar-refractivity contribution in [3.8, 4) is 0 Å². The Balaban J connectivity index is 2.15. The summed E-state index contributed by atoms with van der Waals surface area (Å²) >= 11 is 13.4. The van der Waals surface area contributed by atoms with E-state index < -0.39 is 0 Å². The third kappa shape index (κ3) is 2.88. The number of benzene rings is 1. The van der Waals surface area contributed by atoms with Crippen LogP contribution < -0.4 is 5.32 Å². The Morgan fingerprint density at radius 1 is 1.25 bits per heavy atom. The lowest BCUT2D eigenvalue weighted by molar-refractivity contribution is 0.850. The number of anilines is 1. The zero-order valence-corrected chi connectivity index (χ0v) is 10.9. The van der Waals surface area contributed by atoms with Gasteiger partial charge in [-0.15, -0.1) is 11.3 Å². The molecule has 0 saturated carbocycles. The minimum atomic E-state index is 0.140. The average Bonchev–Trinajstić information content (AvgIpc) is 2.68. The first kappa shape index (κ1) is 11.7. The molecule has 2 nitrogen and oxygen atoms in total. The lowest BCUT2D eigenvalue weighted by atomic mass is 10.2. The quantitative estimate of drug-likeness (QED) is 0.882. The van der Waals surface area contributed by atoms with Crippen molar-refractivity contribution in [2.45, 2.75) is 13.0 Å². The van der Waals surface area contributed by atoms with Crippen molar-refractivity contribution in [3.63, 3.8) is 0 Å². The highest BCUT2D eigenvalue weighted by Gasteiger charge is 2.07. The van der Waals surface area contributed by atoms with Crippen molar-refractivity contribution in [2.75, 3.05) is 5.32 Å². The van der Waals surface area contributed by atoms with Gasteiger partial charge in [-0.2, -0.15) is 0 Å². The van der Waals surface area contributed by atoms with Crippen molar-refractivity contribution in [2.24, 2.45) is 0 Å². The second kappa shape index (κ2) is 5.04. The maximum Gasteiger partial charge on any atom is 0.0795 e. The third-order valence-electron chi connectivity index (χ3n) is 2.14. The van der Waals surface area contributed by atoms with Gasteiger partial charge in [0.1, 0.15) is 0 Å². The topological polar surface area (TPSA) is 24.9 Å². The van der Waals surface area contributed by atoms with E-state index >= 15 is 0 Å². The van der Waals surface area contributed by atoms with Crippen LogP contribution in [0.1, 0.15) is 18.7 Å². The van der Waals surface area contributed by atoms with Gasteiger partial charge in [-0.05, 0) is 25.1 Å². The van der Waals surface area contributed by atoms with E-state index in [0.29, 0.717) is 10.0 Å². The summed E-state index contributed by atoms with van der Waals surface area (Å²) in [5, 5.41) is 6.57. The molecule has 1 aromatic carbocycles. The van der Waals surface area contributed by atoms with Gasteiger partial charge in [0, 0.05) is 21.1 Å². The molecule has 1 unspecified atom stereocenters. The van der Waals surface area contributed by atoms with Crippen LogP contribution >= 0.6 is 34.5 Å². The molecule has 1 N–H and O–H groups in total. The van der Waals surface area contributed by atoms with Gasteiger partial charge in [-0.25, -0.2) is 4.98 Å². The van der Waals surface area contributed by atoms with Crippen molar-refractivity contribution in [1.29, 1.82) is 0 Å². The van der Waals surface area contributed by atoms with E-state index in [-0.39, 0.29) is 6.04 Å². The summed E-state index contributed by atoms with van der Waals surface area (Å²) in [7, 11) is 0. The summed E-state index contributed by atoms with van der Waals surface area (Å²) in [4.78, 5) is 4.25. The molecule has 0 saturated heterocycles. The Morgan fingerprint density at radius 2 is 1.94 bits per heavy atom. The second-order valence-electron chi connectivity index (χ2n) is 3.44. The molecular weight excluding hydrogens is 263 g/mol. The molecule has 0 aliphatic heterocycles. The Kier molecular flexibility index (Phi) is 3.69. The summed E-state index contributed by atoms with van der Waals surface area (Å²) < 4.78 is 0. The molecule has 0 radical (unpaired) electrons. The van der Waals surface area contributed by atoms with Gasteiger partial charge >= 0.3 is 0 Å². The summed E-state index contributed by atoms with van der Waals surface area (Å²) in [6.07, 6.45) is 0. The Hall–Kier alpha value is -0.770. The van der Waals surface area contributed by atoms with E-state index in [1.54, 1.807) is 17.4 Å². The van der Waals surface area contributed by atoms with Gasteiger partial charge in [0.25, 0.3) is 0 Å². The Bertz CT molecular complexity index is 451.